The summed E-state index contributed by atoms with van der Waals surface area (Å²) in [5, 5.41) is 0.617. The van der Waals surface area contributed by atoms with Crippen molar-refractivity contribution in [2.75, 3.05) is 0 Å². The summed E-state index contributed by atoms with van der Waals surface area (Å²) >= 11 is 5.71. The van der Waals surface area contributed by atoms with Gasteiger partial charge in [-0.3, -0.25) is 0 Å². The van der Waals surface area contributed by atoms with Gasteiger partial charge >= 0.3 is 0 Å². The highest BCUT2D eigenvalue weighted by Crippen LogP contribution is 2.21. The Kier molecular flexibility index (Phi) is 3.00. The molecule has 0 atom stereocenters. The molecule has 0 bridgehead atoms. The Bertz CT molecular complexity index is 437. The van der Waals surface area contributed by atoms with E-state index in [9.17, 15) is 8.42 Å². The van der Waals surface area contributed by atoms with E-state index in [4.69, 9.17) is 11.6 Å². The second-order valence-corrected chi connectivity index (χ2v) is 5.97. The number of halogens is 1. The molecule has 0 aliphatic heterocycles. The normalized spacial score (nSPS) is 16.6. The van der Waals surface area contributed by atoms with Crippen molar-refractivity contribution >= 4 is 21.6 Å². The van der Waals surface area contributed by atoms with Crippen molar-refractivity contribution in [3.8, 4) is 0 Å². The van der Waals surface area contributed by atoms with Gasteiger partial charge in [0.05, 0.1) is 5.75 Å². The molecule has 1 saturated carbocycles. The Balaban J connectivity index is 2.03. The molecule has 0 heterocycles. The lowest BCUT2D eigenvalue weighted by Crippen LogP contribution is -2.26. The van der Waals surface area contributed by atoms with Gasteiger partial charge < -0.3 is 0 Å². The first-order valence-corrected chi connectivity index (χ1v) is 6.83. The summed E-state index contributed by atoms with van der Waals surface area (Å²) in [7, 11) is -3.18. The topological polar surface area (TPSA) is 46.2 Å². The van der Waals surface area contributed by atoms with Gasteiger partial charge in [-0.15, -0.1) is 0 Å². The van der Waals surface area contributed by atoms with Crippen LogP contribution in [0.3, 0.4) is 0 Å². The van der Waals surface area contributed by atoms with Crippen molar-refractivity contribution in [3.63, 3.8) is 0 Å². The first-order valence-electron chi connectivity index (χ1n) is 4.80. The maximum atomic E-state index is 11.6. The fourth-order valence-corrected chi connectivity index (χ4v) is 2.88. The molecule has 1 fully saturated rings. The standard InChI is InChI=1S/C10H12ClNO2S/c11-9-3-1-8(2-4-9)7-15(13,14)12-10-5-6-10/h1-4,10,12H,5-7H2. The highest BCUT2D eigenvalue weighted by atomic mass is 35.5. The SMILES string of the molecule is O=S(=O)(Cc1ccc(Cl)cc1)NC1CC1. The number of nitrogens with one attached hydrogen (secondary N) is 1. The van der Waals surface area contributed by atoms with Gasteiger partial charge in [-0.25, -0.2) is 13.1 Å². The lowest BCUT2D eigenvalue weighted by Gasteiger charge is -2.05. The molecule has 0 radical (unpaired) electrons. The van der Waals surface area contributed by atoms with Gasteiger partial charge in [0.25, 0.3) is 0 Å². The highest BCUT2D eigenvalue weighted by molar-refractivity contribution is 7.88. The Hall–Kier alpha value is -0.580. The van der Waals surface area contributed by atoms with Gasteiger partial charge in [0, 0.05) is 11.1 Å². The van der Waals surface area contributed by atoms with Gasteiger partial charge in [-0.05, 0) is 30.5 Å². The van der Waals surface area contributed by atoms with E-state index >= 15 is 0 Å². The summed E-state index contributed by atoms with van der Waals surface area (Å²) in [6.45, 7) is 0. The van der Waals surface area contributed by atoms with Crippen LogP contribution in [0.4, 0.5) is 0 Å². The van der Waals surface area contributed by atoms with E-state index < -0.39 is 10.0 Å². The van der Waals surface area contributed by atoms with Crippen molar-refractivity contribution in [3.05, 3.63) is 34.9 Å². The average Bonchev–Trinajstić information content (AvgIpc) is 2.91. The lowest BCUT2D eigenvalue weighted by atomic mass is 10.2. The van der Waals surface area contributed by atoms with Crippen molar-refractivity contribution in [1.29, 1.82) is 0 Å². The van der Waals surface area contributed by atoms with Gasteiger partial charge in [-0.1, -0.05) is 23.7 Å². The van der Waals surface area contributed by atoms with E-state index in [2.05, 4.69) is 4.72 Å². The quantitative estimate of drug-likeness (QED) is 0.881. The molecule has 1 aromatic carbocycles. The summed E-state index contributed by atoms with van der Waals surface area (Å²) in [6, 6.07) is 7.03. The molecule has 1 N–H and O–H groups in total. The molecule has 0 amide bonds. The van der Waals surface area contributed by atoms with Crippen LogP contribution in [0.25, 0.3) is 0 Å². The maximum absolute atomic E-state index is 11.6. The molecule has 5 heteroatoms. The van der Waals surface area contributed by atoms with Crippen LogP contribution in [-0.4, -0.2) is 14.5 Å². The summed E-state index contributed by atoms with van der Waals surface area (Å²) in [5.74, 6) is 0.0284. The summed E-state index contributed by atoms with van der Waals surface area (Å²) in [6.07, 6.45) is 1.92. The number of benzene rings is 1. The fraction of sp³-hybridized carbons (Fsp3) is 0.400. The van der Waals surface area contributed by atoms with Crippen LogP contribution in [0, 0.1) is 0 Å². The van der Waals surface area contributed by atoms with E-state index in [1.807, 2.05) is 0 Å². The lowest BCUT2D eigenvalue weighted by molar-refractivity contribution is 0.580. The minimum absolute atomic E-state index is 0.0284. The molecule has 1 aliphatic carbocycles. The highest BCUT2D eigenvalue weighted by Gasteiger charge is 2.26. The van der Waals surface area contributed by atoms with E-state index in [0.29, 0.717) is 5.02 Å². The van der Waals surface area contributed by atoms with Crippen LogP contribution in [0.1, 0.15) is 18.4 Å². The van der Waals surface area contributed by atoms with Gasteiger partial charge in [0.15, 0.2) is 0 Å². The van der Waals surface area contributed by atoms with Gasteiger partial charge in [0.1, 0.15) is 0 Å². The molecule has 82 valence electrons. The smallest absolute Gasteiger partial charge is 0.212 e. The van der Waals surface area contributed by atoms with Crippen molar-refractivity contribution in [1.82, 2.24) is 4.72 Å². The molecule has 0 aromatic heterocycles. The Morgan fingerprint density at radius 1 is 1.27 bits per heavy atom. The second kappa shape index (κ2) is 4.12. The minimum atomic E-state index is -3.18. The predicted molar refractivity (Wildman–Crippen MR) is 60.2 cm³/mol. The van der Waals surface area contributed by atoms with Crippen LogP contribution < -0.4 is 4.72 Å². The Labute approximate surface area is 94.5 Å². The van der Waals surface area contributed by atoms with E-state index in [-0.39, 0.29) is 11.8 Å². The summed E-state index contributed by atoms with van der Waals surface area (Å²) < 4.78 is 25.8. The second-order valence-electron chi connectivity index (χ2n) is 3.78. The van der Waals surface area contributed by atoms with Crippen LogP contribution in [0.5, 0.6) is 0 Å². The Morgan fingerprint density at radius 3 is 2.40 bits per heavy atom. The molecule has 2 rings (SSSR count). The molecule has 15 heavy (non-hydrogen) atoms. The summed E-state index contributed by atoms with van der Waals surface area (Å²) in [5.41, 5.74) is 0.757. The molecule has 3 nitrogen and oxygen atoms in total. The number of sulfonamides is 1. The number of rotatable bonds is 4. The zero-order valence-electron chi connectivity index (χ0n) is 8.11. The largest absolute Gasteiger partial charge is 0.216 e. The third kappa shape index (κ3) is 3.48. The monoisotopic (exact) mass is 245 g/mol. The maximum Gasteiger partial charge on any atom is 0.216 e. The molecule has 0 spiro atoms. The molecule has 0 unspecified atom stereocenters. The molecular weight excluding hydrogens is 234 g/mol. The van der Waals surface area contributed by atoms with Gasteiger partial charge in [0.2, 0.25) is 10.0 Å². The van der Waals surface area contributed by atoms with E-state index in [1.165, 1.54) is 0 Å². The molecular formula is C10H12ClNO2S. The third-order valence-corrected chi connectivity index (χ3v) is 3.85. The van der Waals surface area contributed by atoms with Crippen molar-refractivity contribution in [2.24, 2.45) is 0 Å². The minimum Gasteiger partial charge on any atom is -0.212 e. The first-order chi connectivity index (χ1) is 7.05. The van der Waals surface area contributed by atoms with Crippen LogP contribution in [-0.2, 0) is 15.8 Å². The molecule has 1 aromatic rings. The molecule has 1 aliphatic rings. The number of hydrogen-bond donors (Lipinski definition) is 1. The zero-order chi connectivity index (χ0) is 10.9. The van der Waals surface area contributed by atoms with Gasteiger partial charge in [-0.2, -0.15) is 0 Å². The first kappa shape index (κ1) is 10.9. The van der Waals surface area contributed by atoms with Crippen molar-refractivity contribution in [2.45, 2.75) is 24.6 Å². The van der Waals surface area contributed by atoms with Crippen LogP contribution >= 0.6 is 11.6 Å². The van der Waals surface area contributed by atoms with E-state index in [1.54, 1.807) is 24.3 Å². The summed E-state index contributed by atoms with van der Waals surface area (Å²) in [4.78, 5) is 0. The van der Waals surface area contributed by atoms with Crippen molar-refractivity contribution < 1.29 is 8.42 Å². The van der Waals surface area contributed by atoms with E-state index in [0.717, 1.165) is 18.4 Å². The third-order valence-electron chi connectivity index (χ3n) is 2.19. The fourth-order valence-electron chi connectivity index (χ4n) is 1.30. The van der Waals surface area contributed by atoms with Crippen LogP contribution in [0.15, 0.2) is 24.3 Å². The molecule has 0 saturated heterocycles. The predicted octanol–water partition coefficient (Wildman–Crippen LogP) is 1.92. The number of hydrogen-bond acceptors (Lipinski definition) is 2. The zero-order valence-corrected chi connectivity index (χ0v) is 9.68. The average molecular weight is 246 g/mol. The Morgan fingerprint density at radius 2 is 1.87 bits per heavy atom. The van der Waals surface area contributed by atoms with Crippen LogP contribution in [0.2, 0.25) is 5.02 Å².